The fraction of sp³-hybridized carbons (Fsp3) is 0.267. The van der Waals surface area contributed by atoms with Crippen molar-refractivity contribution in [2.45, 2.75) is 19.7 Å². The van der Waals surface area contributed by atoms with Crippen LogP contribution in [-0.2, 0) is 16.0 Å². The van der Waals surface area contributed by atoms with Crippen LogP contribution in [0.5, 0.6) is 5.75 Å². The first kappa shape index (κ1) is 19.6. The molecule has 2 rings (SSSR count). The van der Waals surface area contributed by atoms with Gasteiger partial charge in [-0.25, -0.2) is 9.37 Å². The number of rotatable bonds is 7. The summed E-state index contributed by atoms with van der Waals surface area (Å²) in [4.78, 5) is 15.4. The van der Waals surface area contributed by atoms with Gasteiger partial charge in [0.05, 0.1) is 30.5 Å². The first-order valence-electron chi connectivity index (χ1n) is 7.22. The molecule has 26 heavy (non-hydrogen) atoms. The monoisotopic (exact) mass is 391 g/mol. The molecule has 0 bridgehead atoms. The average molecular weight is 391 g/mol. The third-order valence-corrected chi connectivity index (χ3v) is 3.57. The molecular weight excluding hydrogens is 378 g/mol. The number of ether oxygens (including phenoxy) is 2. The molecule has 0 aliphatic heterocycles. The van der Waals surface area contributed by atoms with Crippen LogP contribution in [-0.4, -0.2) is 30.1 Å². The predicted octanol–water partition coefficient (Wildman–Crippen LogP) is 3.73. The lowest BCUT2D eigenvalue weighted by molar-refractivity contribution is -0.274. The van der Waals surface area contributed by atoms with Crippen LogP contribution in [0.1, 0.15) is 18.2 Å². The van der Waals surface area contributed by atoms with Crippen LogP contribution in [0.4, 0.5) is 22.7 Å². The Morgan fingerprint density at radius 2 is 2.19 bits per heavy atom. The first-order chi connectivity index (χ1) is 12.3. The Kier molecular flexibility index (Phi) is 6.50. The minimum absolute atomic E-state index is 0.0212. The van der Waals surface area contributed by atoms with E-state index in [9.17, 15) is 22.4 Å². The number of benzene rings is 1. The Hall–Kier alpha value is -2.69. The van der Waals surface area contributed by atoms with Gasteiger partial charge in [0.1, 0.15) is 11.6 Å². The van der Waals surface area contributed by atoms with Gasteiger partial charge >= 0.3 is 12.3 Å². The normalized spacial score (nSPS) is 11.6. The van der Waals surface area contributed by atoms with Crippen LogP contribution in [0, 0.1) is 5.82 Å². The van der Waals surface area contributed by atoms with Crippen molar-refractivity contribution in [3.63, 3.8) is 0 Å². The molecule has 0 unspecified atom stereocenters. The Morgan fingerprint density at radius 1 is 1.42 bits per heavy atom. The summed E-state index contributed by atoms with van der Waals surface area (Å²) in [6.07, 6.45) is -4.13. The smallest absolute Gasteiger partial charge is 0.466 e. The number of alkyl halides is 3. The van der Waals surface area contributed by atoms with E-state index in [4.69, 9.17) is 4.74 Å². The maximum absolute atomic E-state index is 13.7. The number of carbonyl (C=O) groups is 1. The zero-order chi connectivity index (χ0) is 19.2. The maximum atomic E-state index is 13.7. The van der Waals surface area contributed by atoms with Gasteiger partial charge < -0.3 is 9.47 Å². The quantitative estimate of drug-likeness (QED) is 0.337. The largest absolute Gasteiger partial charge is 0.573 e. The SMILES string of the molecule is CCOC(=O)Cc1csc(NN=Cc2c(F)cccc2OC(F)(F)F)n1. The van der Waals surface area contributed by atoms with Crippen molar-refractivity contribution < 1.29 is 31.8 Å². The highest BCUT2D eigenvalue weighted by Crippen LogP contribution is 2.27. The van der Waals surface area contributed by atoms with E-state index in [0.717, 1.165) is 35.8 Å². The molecule has 0 spiro atoms. The molecule has 0 aliphatic rings. The van der Waals surface area contributed by atoms with Crippen LogP contribution >= 0.6 is 11.3 Å². The Bertz CT molecular complexity index is 793. The summed E-state index contributed by atoms with van der Waals surface area (Å²) in [5.74, 6) is -2.09. The number of anilines is 1. The van der Waals surface area contributed by atoms with Crippen LogP contribution in [0.25, 0.3) is 0 Å². The van der Waals surface area contributed by atoms with E-state index in [1.807, 2.05) is 0 Å². The molecule has 0 fully saturated rings. The molecule has 0 aliphatic carbocycles. The van der Waals surface area contributed by atoms with Crippen molar-refractivity contribution >= 4 is 28.7 Å². The number of carbonyl (C=O) groups excluding carboxylic acids is 1. The van der Waals surface area contributed by atoms with Gasteiger partial charge in [0, 0.05) is 5.38 Å². The van der Waals surface area contributed by atoms with E-state index >= 15 is 0 Å². The van der Waals surface area contributed by atoms with Crippen molar-refractivity contribution in [3.8, 4) is 5.75 Å². The fourth-order valence-electron chi connectivity index (χ4n) is 1.81. The summed E-state index contributed by atoms with van der Waals surface area (Å²) in [6.45, 7) is 1.93. The predicted molar refractivity (Wildman–Crippen MR) is 86.8 cm³/mol. The molecule has 140 valence electrons. The molecule has 11 heteroatoms. The Balaban J connectivity index is 2.05. The topological polar surface area (TPSA) is 72.8 Å². The zero-order valence-corrected chi connectivity index (χ0v) is 14.2. The van der Waals surface area contributed by atoms with Crippen LogP contribution in [0.3, 0.4) is 0 Å². The summed E-state index contributed by atoms with van der Waals surface area (Å²) in [5.41, 5.74) is 2.43. The van der Waals surface area contributed by atoms with Crippen molar-refractivity contribution in [2.24, 2.45) is 5.10 Å². The molecule has 1 N–H and O–H groups in total. The summed E-state index contributed by atoms with van der Waals surface area (Å²) >= 11 is 1.11. The van der Waals surface area contributed by atoms with Crippen molar-refractivity contribution in [1.82, 2.24) is 4.98 Å². The third-order valence-electron chi connectivity index (χ3n) is 2.77. The van der Waals surface area contributed by atoms with Gasteiger partial charge in [-0.2, -0.15) is 5.10 Å². The van der Waals surface area contributed by atoms with Crippen molar-refractivity contribution in [3.05, 3.63) is 40.7 Å². The van der Waals surface area contributed by atoms with E-state index < -0.39 is 29.5 Å². The molecule has 6 nitrogen and oxygen atoms in total. The summed E-state index contributed by atoms with van der Waals surface area (Å²) in [6, 6.07) is 3.04. The van der Waals surface area contributed by atoms with Gasteiger partial charge in [0.2, 0.25) is 5.13 Å². The second kappa shape index (κ2) is 8.61. The lowest BCUT2D eigenvalue weighted by atomic mass is 10.2. The van der Waals surface area contributed by atoms with E-state index in [-0.39, 0.29) is 18.2 Å². The zero-order valence-electron chi connectivity index (χ0n) is 13.3. The summed E-state index contributed by atoms with van der Waals surface area (Å²) < 4.78 is 59.3. The number of hydrazone groups is 1. The molecule has 0 saturated heterocycles. The Morgan fingerprint density at radius 3 is 2.88 bits per heavy atom. The summed E-state index contributed by atoms with van der Waals surface area (Å²) in [5, 5.41) is 5.53. The van der Waals surface area contributed by atoms with Gasteiger partial charge in [0.25, 0.3) is 0 Å². The number of esters is 1. The van der Waals surface area contributed by atoms with Gasteiger partial charge in [-0.05, 0) is 19.1 Å². The van der Waals surface area contributed by atoms with Gasteiger partial charge in [-0.3, -0.25) is 10.2 Å². The standard InChI is InChI=1S/C15H13F4N3O3S/c1-2-24-13(23)6-9-8-26-14(21-9)22-20-7-10-11(16)4-3-5-12(10)25-15(17,18)19/h3-5,7-8H,2,6H2,1H3,(H,21,22). The van der Waals surface area contributed by atoms with E-state index in [1.165, 1.54) is 0 Å². The molecule has 0 amide bonds. The lowest BCUT2D eigenvalue weighted by Crippen LogP contribution is -2.18. The number of halogens is 4. The molecule has 1 aromatic carbocycles. The average Bonchev–Trinajstić information content (AvgIpc) is 2.96. The molecule has 2 aromatic rings. The summed E-state index contributed by atoms with van der Waals surface area (Å²) in [7, 11) is 0. The highest BCUT2D eigenvalue weighted by atomic mass is 32.1. The minimum atomic E-state index is -4.96. The van der Waals surface area contributed by atoms with E-state index in [2.05, 4.69) is 20.2 Å². The first-order valence-corrected chi connectivity index (χ1v) is 8.10. The second-order valence-electron chi connectivity index (χ2n) is 4.70. The molecular formula is C15H13F4N3O3S. The number of aromatic nitrogens is 1. The highest BCUT2D eigenvalue weighted by molar-refractivity contribution is 7.13. The van der Waals surface area contributed by atoms with E-state index in [0.29, 0.717) is 5.69 Å². The number of nitrogens with one attached hydrogen (secondary N) is 1. The van der Waals surface area contributed by atoms with Crippen molar-refractivity contribution in [2.75, 3.05) is 12.0 Å². The van der Waals surface area contributed by atoms with E-state index in [1.54, 1.807) is 12.3 Å². The van der Waals surface area contributed by atoms with Crippen LogP contribution in [0.2, 0.25) is 0 Å². The highest BCUT2D eigenvalue weighted by Gasteiger charge is 2.32. The van der Waals surface area contributed by atoms with Crippen LogP contribution < -0.4 is 10.2 Å². The molecule has 1 aromatic heterocycles. The molecule has 1 heterocycles. The number of nitrogens with zero attached hydrogens (tertiary/aromatic N) is 2. The molecule has 0 atom stereocenters. The Labute approximate surface area is 149 Å². The second-order valence-corrected chi connectivity index (χ2v) is 5.55. The fourth-order valence-corrected chi connectivity index (χ4v) is 2.47. The number of thiazole rings is 1. The number of hydrogen-bond acceptors (Lipinski definition) is 7. The van der Waals surface area contributed by atoms with Crippen molar-refractivity contribution in [1.29, 1.82) is 0 Å². The minimum Gasteiger partial charge on any atom is -0.466 e. The molecule has 0 radical (unpaired) electrons. The molecule has 0 saturated carbocycles. The van der Waals surface area contributed by atoms with Gasteiger partial charge in [-0.15, -0.1) is 24.5 Å². The van der Waals surface area contributed by atoms with Gasteiger partial charge in [-0.1, -0.05) is 6.07 Å². The van der Waals surface area contributed by atoms with Gasteiger partial charge in [0.15, 0.2) is 0 Å². The third kappa shape index (κ3) is 5.99. The number of hydrogen-bond donors (Lipinski definition) is 1. The van der Waals surface area contributed by atoms with Crippen LogP contribution in [0.15, 0.2) is 28.7 Å². The maximum Gasteiger partial charge on any atom is 0.573 e. The lowest BCUT2D eigenvalue weighted by Gasteiger charge is -2.11.